The quantitative estimate of drug-likeness (QED) is 0.107. The first kappa shape index (κ1) is 40.7. The molecule has 0 aliphatic carbocycles. The maximum absolute atomic E-state index is 13.2. The van der Waals surface area contributed by atoms with Crippen molar-refractivity contribution in [1.29, 1.82) is 0 Å². The fourth-order valence-electron chi connectivity index (χ4n) is 5.68. The van der Waals surface area contributed by atoms with Crippen LogP contribution in [0.25, 0.3) is 0 Å². The van der Waals surface area contributed by atoms with Crippen LogP contribution in [0.1, 0.15) is 170 Å². The van der Waals surface area contributed by atoms with Crippen LogP contribution in [-0.4, -0.2) is 37.4 Å². The SMILES string of the molecule is CC(C)CCC[C@@H](C)CCNC(=O)c1cc(C(=O)NCC[C@H](C)CCCC(C)C)cc(C(=O)NCC[C@H](C)CCCC(C)C)c1. The van der Waals surface area contributed by atoms with E-state index in [-0.39, 0.29) is 17.7 Å². The van der Waals surface area contributed by atoms with Crippen molar-refractivity contribution in [2.45, 2.75) is 139 Å². The van der Waals surface area contributed by atoms with E-state index in [9.17, 15) is 14.4 Å². The van der Waals surface area contributed by atoms with Gasteiger partial charge < -0.3 is 16.0 Å². The third-order valence-corrected chi connectivity index (χ3v) is 8.92. The molecular weight excluding hydrogens is 558 g/mol. The van der Waals surface area contributed by atoms with E-state index < -0.39 is 0 Å². The molecule has 0 bridgehead atoms. The Labute approximate surface area is 277 Å². The summed E-state index contributed by atoms with van der Waals surface area (Å²) in [7, 11) is 0. The minimum absolute atomic E-state index is 0.245. The van der Waals surface area contributed by atoms with Gasteiger partial charge in [-0.25, -0.2) is 0 Å². The van der Waals surface area contributed by atoms with E-state index in [1.807, 2.05) is 0 Å². The summed E-state index contributed by atoms with van der Waals surface area (Å²) in [6.45, 7) is 21.9. The monoisotopic (exact) mass is 628 g/mol. The normalized spacial score (nSPS) is 13.6. The first-order chi connectivity index (χ1) is 21.3. The maximum atomic E-state index is 13.2. The molecule has 1 aromatic carbocycles. The Morgan fingerprint density at radius 1 is 0.422 bits per heavy atom. The van der Waals surface area contributed by atoms with E-state index in [0.717, 1.165) is 38.5 Å². The Morgan fingerprint density at radius 2 is 0.667 bits per heavy atom. The van der Waals surface area contributed by atoms with Crippen molar-refractivity contribution in [1.82, 2.24) is 16.0 Å². The number of carbonyl (C=O) groups is 3. The van der Waals surface area contributed by atoms with Gasteiger partial charge in [-0.15, -0.1) is 0 Å². The third kappa shape index (κ3) is 19.7. The van der Waals surface area contributed by atoms with Gasteiger partial charge in [0.1, 0.15) is 0 Å². The largest absolute Gasteiger partial charge is 0.352 e. The molecule has 3 atom stereocenters. The van der Waals surface area contributed by atoms with Crippen LogP contribution in [0.2, 0.25) is 0 Å². The van der Waals surface area contributed by atoms with Crippen LogP contribution in [0.4, 0.5) is 0 Å². The standard InChI is InChI=1S/C39H69N3O3/c1-28(2)13-10-16-31(7)19-22-40-37(43)34-25-35(38(44)41-23-20-32(8)17-11-14-29(3)4)27-36(26-34)39(45)42-24-21-33(9)18-12-15-30(5)6/h25-33H,10-24H2,1-9H3,(H,40,43)(H,41,44)(H,42,45)/t31-,32-,33-/m1/s1. The fourth-order valence-corrected chi connectivity index (χ4v) is 5.68. The van der Waals surface area contributed by atoms with Crippen LogP contribution in [0.5, 0.6) is 0 Å². The Morgan fingerprint density at radius 3 is 0.889 bits per heavy atom. The van der Waals surface area contributed by atoms with Crippen molar-refractivity contribution in [3.8, 4) is 0 Å². The molecule has 258 valence electrons. The van der Waals surface area contributed by atoms with Crippen LogP contribution in [0.15, 0.2) is 18.2 Å². The van der Waals surface area contributed by atoms with Crippen molar-refractivity contribution in [2.24, 2.45) is 35.5 Å². The minimum Gasteiger partial charge on any atom is -0.352 e. The second-order valence-electron chi connectivity index (χ2n) is 15.2. The molecule has 0 spiro atoms. The molecule has 0 saturated carbocycles. The zero-order valence-electron chi connectivity index (χ0n) is 30.5. The number of benzene rings is 1. The minimum atomic E-state index is -0.245. The lowest BCUT2D eigenvalue weighted by atomic mass is 9.97. The second kappa shape index (κ2) is 23.0. The van der Waals surface area contributed by atoms with Gasteiger partial charge in [0.05, 0.1) is 0 Å². The van der Waals surface area contributed by atoms with Gasteiger partial charge in [0.25, 0.3) is 17.7 Å². The Hall–Kier alpha value is -2.37. The van der Waals surface area contributed by atoms with E-state index in [1.165, 1.54) is 38.5 Å². The number of nitrogens with one attached hydrogen (secondary N) is 3. The van der Waals surface area contributed by atoms with E-state index in [4.69, 9.17) is 0 Å². The van der Waals surface area contributed by atoms with Crippen LogP contribution in [0, 0.1) is 35.5 Å². The Kier molecular flexibility index (Phi) is 20.8. The number of carbonyl (C=O) groups excluding carboxylic acids is 3. The summed E-state index contributed by atoms with van der Waals surface area (Å²) in [5, 5.41) is 9.09. The molecule has 3 N–H and O–H groups in total. The van der Waals surface area contributed by atoms with Crippen molar-refractivity contribution in [2.75, 3.05) is 19.6 Å². The molecule has 1 aromatic rings. The van der Waals surface area contributed by atoms with Gasteiger partial charge in [-0.05, 0) is 73.0 Å². The summed E-state index contributed by atoms with van der Waals surface area (Å²) in [6.07, 6.45) is 13.5. The highest BCUT2D eigenvalue weighted by atomic mass is 16.2. The first-order valence-corrected chi connectivity index (χ1v) is 18.3. The lowest BCUT2D eigenvalue weighted by Gasteiger charge is -2.15. The molecule has 45 heavy (non-hydrogen) atoms. The Bertz CT molecular complexity index is 852. The maximum Gasteiger partial charge on any atom is 0.251 e. The molecular formula is C39H69N3O3. The summed E-state index contributed by atoms with van der Waals surface area (Å²) in [5.41, 5.74) is 1.05. The lowest BCUT2D eigenvalue weighted by molar-refractivity contribution is 0.0950. The highest BCUT2D eigenvalue weighted by molar-refractivity contribution is 6.04. The summed E-state index contributed by atoms with van der Waals surface area (Å²) < 4.78 is 0. The van der Waals surface area contributed by atoms with E-state index >= 15 is 0 Å². The number of hydrogen-bond acceptors (Lipinski definition) is 3. The third-order valence-electron chi connectivity index (χ3n) is 8.92. The molecule has 0 heterocycles. The average molecular weight is 628 g/mol. The van der Waals surface area contributed by atoms with Gasteiger partial charge in [0.2, 0.25) is 0 Å². The zero-order valence-corrected chi connectivity index (χ0v) is 30.5. The molecule has 0 saturated heterocycles. The van der Waals surface area contributed by atoms with E-state index in [1.54, 1.807) is 18.2 Å². The fraction of sp³-hybridized carbons (Fsp3) is 0.769. The van der Waals surface area contributed by atoms with Crippen LogP contribution in [-0.2, 0) is 0 Å². The van der Waals surface area contributed by atoms with Gasteiger partial charge in [0, 0.05) is 36.3 Å². The smallest absolute Gasteiger partial charge is 0.251 e. The van der Waals surface area contributed by atoms with Gasteiger partial charge >= 0.3 is 0 Å². The van der Waals surface area contributed by atoms with Crippen molar-refractivity contribution >= 4 is 17.7 Å². The van der Waals surface area contributed by atoms with Crippen molar-refractivity contribution < 1.29 is 14.4 Å². The highest BCUT2D eigenvalue weighted by Gasteiger charge is 2.17. The highest BCUT2D eigenvalue weighted by Crippen LogP contribution is 2.18. The molecule has 0 unspecified atom stereocenters. The van der Waals surface area contributed by atoms with Gasteiger partial charge in [0.15, 0.2) is 0 Å². The predicted octanol–water partition coefficient (Wildman–Crippen LogP) is 9.43. The summed E-state index contributed by atoms with van der Waals surface area (Å²) in [5.74, 6) is 2.99. The second-order valence-corrected chi connectivity index (χ2v) is 15.2. The molecule has 1 rings (SSSR count). The molecule has 0 aliphatic rings. The van der Waals surface area contributed by atoms with Crippen LogP contribution < -0.4 is 16.0 Å². The molecule has 6 heteroatoms. The molecule has 0 aromatic heterocycles. The molecule has 3 amide bonds. The van der Waals surface area contributed by atoms with Gasteiger partial charge in [-0.3, -0.25) is 14.4 Å². The van der Waals surface area contributed by atoms with E-state index in [2.05, 4.69) is 78.3 Å². The molecule has 6 nitrogen and oxygen atoms in total. The predicted molar refractivity (Wildman–Crippen MR) is 191 cm³/mol. The van der Waals surface area contributed by atoms with Gasteiger partial charge in [-0.2, -0.15) is 0 Å². The van der Waals surface area contributed by atoms with Crippen molar-refractivity contribution in [3.63, 3.8) is 0 Å². The molecule has 0 fully saturated rings. The Balaban J connectivity index is 2.85. The zero-order chi connectivity index (χ0) is 33.8. The number of amides is 3. The molecule has 0 aliphatic heterocycles. The van der Waals surface area contributed by atoms with Crippen molar-refractivity contribution in [3.05, 3.63) is 34.9 Å². The lowest BCUT2D eigenvalue weighted by Crippen LogP contribution is -2.30. The summed E-state index contributed by atoms with van der Waals surface area (Å²) >= 11 is 0. The van der Waals surface area contributed by atoms with Crippen LogP contribution in [0.3, 0.4) is 0 Å². The topological polar surface area (TPSA) is 87.3 Å². The number of hydrogen-bond donors (Lipinski definition) is 3. The number of rotatable bonds is 24. The average Bonchev–Trinajstić information content (AvgIpc) is 2.96. The van der Waals surface area contributed by atoms with E-state index in [0.29, 0.717) is 71.8 Å². The first-order valence-electron chi connectivity index (χ1n) is 18.3. The van der Waals surface area contributed by atoms with Gasteiger partial charge in [-0.1, -0.05) is 120 Å². The summed E-state index contributed by atoms with van der Waals surface area (Å²) in [4.78, 5) is 39.6. The summed E-state index contributed by atoms with van der Waals surface area (Å²) in [6, 6.07) is 4.86. The van der Waals surface area contributed by atoms with Crippen LogP contribution >= 0.6 is 0 Å². The molecule has 0 radical (unpaired) electrons.